The SMILES string of the molecule is [N-]=[N+]=CC(=O)C[C@H]1CO[C@H](c2ccccc2)O1. The van der Waals surface area contributed by atoms with Gasteiger partial charge in [0.2, 0.25) is 5.78 Å². The molecule has 5 nitrogen and oxygen atoms in total. The van der Waals surface area contributed by atoms with Gasteiger partial charge >= 0.3 is 6.21 Å². The summed E-state index contributed by atoms with van der Waals surface area (Å²) < 4.78 is 11.0. The van der Waals surface area contributed by atoms with E-state index < -0.39 is 6.29 Å². The Morgan fingerprint density at radius 1 is 1.47 bits per heavy atom. The van der Waals surface area contributed by atoms with Crippen LogP contribution in [-0.4, -0.2) is 29.5 Å². The van der Waals surface area contributed by atoms with Crippen LogP contribution in [0.25, 0.3) is 5.53 Å². The second-order valence-corrected chi connectivity index (χ2v) is 3.75. The van der Waals surface area contributed by atoms with E-state index in [1.54, 1.807) is 0 Å². The van der Waals surface area contributed by atoms with E-state index in [1.807, 2.05) is 30.3 Å². The first-order valence-electron chi connectivity index (χ1n) is 5.32. The third-order valence-electron chi connectivity index (χ3n) is 2.45. The average molecular weight is 232 g/mol. The number of ketones is 1. The van der Waals surface area contributed by atoms with Crippen LogP contribution in [0.2, 0.25) is 0 Å². The Morgan fingerprint density at radius 2 is 2.24 bits per heavy atom. The lowest BCUT2D eigenvalue weighted by Gasteiger charge is -2.10. The summed E-state index contributed by atoms with van der Waals surface area (Å²) in [5, 5.41) is 0. The summed E-state index contributed by atoms with van der Waals surface area (Å²) in [5.74, 6) is -0.283. The summed E-state index contributed by atoms with van der Waals surface area (Å²) in [4.78, 5) is 13.9. The van der Waals surface area contributed by atoms with Crippen LogP contribution in [0.4, 0.5) is 0 Å². The van der Waals surface area contributed by atoms with Crippen LogP contribution in [0.3, 0.4) is 0 Å². The molecule has 1 fully saturated rings. The molecule has 1 aliphatic heterocycles. The van der Waals surface area contributed by atoms with Crippen molar-refractivity contribution in [3.05, 3.63) is 41.4 Å². The predicted octanol–water partition coefficient (Wildman–Crippen LogP) is 1.36. The second kappa shape index (κ2) is 5.50. The fraction of sp³-hybridized carbons (Fsp3) is 0.333. The number of Topliss-reactive ketones (excluding diaryl/α,β-unsaturated/α-hetero) is 1. The molecule has 17 heavy (non-hydrogen) atoms. The molecule has 88 valence electrons. The largest absolute Gasteiger partial charge is 0.361 e. The van der Waals surface area contributed by atoms with Crippen molar-refractivity contribution in [2.45, 2.75) is 18.8 Å². The quantitative estimate of drug-likeness (QED) is 0.447. The monoisotopic (exact) mass is 232 g/mol. The minimum atomic E-state index is -0.417. The Balaban J connectivity index is 1.92. The maximum absolute atomic E-state index is 11.2. The van der Waals surface area contributed by atoms with Gasteiger partial charge in [0, 0.05) is 12.0 Å². The number of ether oxygens (including phenoxy) is 2. The normalized spacial score (nSPS) is 23.1. The first-order chi connectivity index (χ1) is 8.29. The van der Waals surface area contributed by atoms with Crippen LogP contribution >= 0.6 is 0 Å². The van der Waals surface area contributed by atoms with E-state index in [-0.39, 0.29) is 18.3 Å². The number of carbonyl (C=O) groups is 1. The summed E-state index contributed by atoms with van der Waals surface area (Å²) in [6.45, 7) is 0.366. The number of benzene rings is 1. The molecule has 5 heteroatoms. The molecule has 0 bridgehead atoms. The van der Waals surface area contributed by atoms with Gasteiger partial charge in [-0.2, -0.15) is 4.79 Å². The van der Waals surface area contributed by atoms with Crippen molar-refractivity contribution >= 4 is 12.0 Å². The smallest absolute Gasteiger partial charge is 0.323 e. The maximum Gasteiger partial charge on any atom is 0.323 e. The van der Waals surface area contributed by atoms with Crippen LogP contribution in [0, 0.1) is 0 Å². The van der Waals surface area contributed by atoms with E-state index in [0.29, 0.717) is 6.61 Å². The van der Waals surface area contributed by atoms with Crippen molar-refractivity contribution in [3.63, 3.8) is 0 Å². The lowest BCUT2D eigenvalue weighted by molar-refractivity contribution is -0.119. The summed E-state index contributed by atoms with van der Waals surface area (Å²) in [5.41, 5.74) is 9.15. The Hall–Kier alpha value is -1.81. The van der Waals surface area contributed by atoms with Crippen molar-refractivity contribution in [1.29, 1.82) is 0 Å². The minimum absolute atomic E-state index is 0.160. The highest BCUT2D eigenvalue weighted by Crippen LogP contribution is 2.27. The fourth-order valence-electron chi connectivity index (χ4n) is 1.68. The molecule has 1 heterocycles. The Morgan fingerprint density at radius 3 is 2.94 bits per heavy atom. The van der Waals surface area contributed by atoms with Gasteiger partial charge < -0.3 is 15.0 Å². The van der Waals surface area contributed by atoms with Gasteiger partial charge in [-0.1, -0.05) is 30.3 Å². The Kier molecular flexibility index (Phi) is 3.77. The van der Waals surface area contributed by atoms with Gasteiger partial charge in [-0.25, -0.2) is 0 Å². The van der Waals surface area contributed by atoms with Gasteiger partial charge in [-0.05, 0) is 0 Å². The van der Waals surface area contributed by atoms with Gasteiger partial charge in [-0.3, -0.25) is 4.79 Å². The van der Waals surface area contributed by atoms with Crippen LogP contribution in [0.5, 0.6) is 0 Å². The van der Waals surface area contributed by atoms with Gasteiger partial charge in [0.05, 0.1) is 12.7 Å². The number of rotatable bonds is 4. The predicted molar refractivity (Wildman–Crippen MR) is 59.3 cm³/mol. The van der Waals surface area contributed by atoms with Crippen molar-refractivity contribution in [2.75, 3.05) is 6.61 Å². The number of hydrogen-bond acceptors (Lipinski definition) is 3. The first kappa shape index (κ1) is 11.7. The molecule has 0 aliphatic carbocycles. The van der Waals surface area contributed by atoms with Crippen molar-refractivity contribution in [3.8, 4) is 0 Å². The molecule has 2 rings (SSSR count). The highest BCUT2D eigenvalue weighted by Gasteiger charge is 2.29. The van der Waals surface area contributed by atoms with E-state index in [4.69, 9.17) is 15.0 Å². The molecule has 0 saturated carbocycles. The average Bonchev–Trinajstić information content (AvgIpc) is 2.79. The van der Waals surface area contributed by atoms with Gasteiger partial charge in [0.15, 0.2) is 6.29 Å². The zero-order chi connectivity index (χ0) is 12.1. The molecule has 1 aliphatic rings. The van der Waals surface area contributed by atoms with Crippen LogP contribution in [0.1, 0.15) is 18.3 Å². The zero-order valence-corrected chi connectivity index (χ0v) is 9.15. The highest BCUT2D eigenvalue weighted by atomic mass is 16.7. The molecule has 0 unspecified atom stereocenters. The molecule has 0 aromatic heterocycles. The molecule has 1 aromatic carbocycles. The van der Waals surface area contributed by atoms with Crippen LogP contribution < -0.4 is 0 Å². The molecule has 1 saturated heterocycles. The highest BCUT2D eigenvalue weighted by molar-refractivity contribution is 6.25. The van der Waals surface area contributed by atoms with E-state index in [9.17, 15) is 4.79 Å². The summed E-state index contributed by atoms with van der Waals surface area (Å²) in [7, 11) is 0. The molecule has 0 radical (unpaired) electrons. The standard InChI is InChI=1S/C12H12N2O3/c13-14-7-10(15)6-11-8-16-12(17-11)9-4-2-1-3-5-9/h1-5,7,11-12H,6,8H2/t11-,12-/m0/s1. The van der Waals surface area contributed by atoms with E-state index in [1.165, 1.54) is 0 Å². The lowest BCUT2D eigenvalue weighted by Crippen LogP contribution is -2.16. The molecule has 0 amide bonds. The Labute approximate surface area is 98.6 Å². The minimum Gasteiger partial charge on any atom is -0.361 e. The third kappa shape index (κ3) is 3.07. The molecule has 0 spiro atoms. The fourth-order valence-corrected chi connectivity index (χ4v) is 1.68. The summed E-state index contributed by atoms with van der Waals surface area (Å²) in [6.07, 6.45) is 0.331. The first-order valence-corrected chi connectivity index (χ1v) is 5.32. The number of carbonyl (C=O) groups excluding carboxylic acids is 1. The van der Waals surface area contributed by atoms with Crippen LogP contribution in [0.15, 0.2) is 30.3 Å². The van der Waals surface area contributed by atoms with Crippen LogP contribution in [-0.2, 0) is 14.3 Å². The van der Waals surface area contributed by atoms with Crippen molar-refractivity contribution in [2.24, 2.45) is 0 Å². The lowest BCUT2D eigenvalue weighted by atomic mass is 10.2. The topological polar surface area (TPSA) is 71.9 Å². The van der Waals surface area contributed by atoms with Gasteiger partial charge in [-0.15, -0.1) is 0 Å². The number of nitrogens with zero attached hydrogens (tertiary/aromatic N) is 2. The molecule has 1 aromatic rings. The Bertz CT molecular complexity index is 440. The van der Waals surface area contributed by atoms with E-state index >= 15 is 0 Å². The molecular weight excluding hydrogens is 220 g/mol. The van der Waals surface area contributed by atoms with E-state index in [2.05, 4.69) is 4.79 Å². The van der Waals surface area contributed by atoms with E-state index in [0.717, 1.165) is 11.8 Å². The molecular formula is C12H12N2O3. The second-order valence-electron chi connectivity index (χ2n) is 3.75. The summed E-state index contributed by atoms with van der Waals surface area (Å²) in [6, 6.07) is 9.53. The maximum atomic E-state index is 11.2. The molecule has 0 N–H and O–H groups in total. The van der Waals surface area contributed by atoms with Crippen molar-refractivity contribution in [1.82, 2.24) is 0 Å². The van der Waals surface area contributed by atoms with Gasteiger partial charge in [0.25, 0.3) is 0 Å². The summed E-state index contributed by atoms with van der Waals surface area (Å²) >= 11 is 0. The molecule has 2 atom stereocenters. The third-order valence-corrected chi connectivity index (χ3v) is 2.45. The van der Waals surface area contributed by atoms with Crippen molar-refractivity contribution < 1.29 is 19.1 Å². The van der Waals surface area contributed by atoms with Gasteiger partial charge in [0.1, 0.15) is 0 Å². The zero-order valence-electron chi connectivity index (χ0n) is 9.15. The number of hydrogen-bond donors (Lipinski definition) is 0.